The molecule has 6 heteroatoms. The number of nitriles is 1. The van der Waals surface area contributed by atoms with Gasteiger partial charge in [-0.3, -0.25) is 0 Å². The zero-order valence-electron chi connectivity index (χ0n) is 73.2. The first-order valence-electron chi connectivity index (χ1n) is 43.8. The number of aromatic nitrogens is 2. The maximum atomic E-state index is 10.8. The molecule has 0 saturated heterocycles. The van der Waals surface area contributed by atoms with Crippen LogP contribution in [0.25, 0.3) is 122 Å². The molecular formula is C110H84BN5. The highest BCUT2D eigenvalue weighted by Gasteiger charge is 2.54. The number of rotatable bonds is 8. The number of anilines is 6. The fourth-order valence-corrected chi connectivity index (χ4v) is 19.9. The van der Waals surface area contributed by atoms with Gasteiger partial charge in [-0.1, -0.05) is 323 Å². The highest BCUT2D eigenvalue weighted by molar-refractivity contribution is 7.00. The summed E-state index contributed by atoms with van der Waals surface area (Å²) in [5, 5.41) is 13.0. The Morgan fingerprint density at radius 1 is 0.328 bits per heavy atom. The second-order valence-corrected chi connectivity index (χ2v) is 34.9. The summed E-state index contributed by atoms with van der Waals surface area (Å²) in [7, 11) is 0. The lowest BCUT2D eigenvalue weighted by Crippen LogP contribution is -2.61. The van der Waals surface area contributed by atoms with Crippen LogP contribution in [0.4, 0.5) is 34.1 Å². The average molecular weight is 1490 g/mol. The van der Waals surface area contributed by atoms with E-state index >= 15 is 0 Å². The van der Waals surface area contributed by atoms with Gasteiger partial charge < -0.3 is 18.9 Å². The predicted octanol–water partition coefficient (Wildman–Crippen LogP) is 26.7. The summed E-state index contributed by atoms with van der Waals surface area (Å²) >= 11 is 0. The summed E-state index contributed by atoms with van der Waals surface area (Å²) in [4.78, 5) is 5.07. The number of hydrogen-bond acceptors (Lipinski definition) is 3. The predicted molar refractivity (Wildman–Crippen MR) is 488 cm³/mol. The molecule has 2 aliphatic carbocycles. The van der Waals surface area contributed by atoms with Crippen molar-refractivity contribution in [2.75, 3.05) is 9.80 Å². The quantitative estimate of drug-likeness (QED) is 0.142. The highest BCUT2D eigenvalue weighted by Crippen LogP contribution is 2.65. The van der Waals surface area contributed by atoms with Gasteiger partial charge in [-0.05, 0) is 206 Å². The fourth-order valence-electron chi connectivity index (χ4n) is 19.9. The van der Waals surface area contributed by atoms with Gasteiger partial charge in [-0.2, -0.15) is 5.26 Å². The normalized spacial score (nSPS) is 14.4. The van der Waals surface area contributed by atoms with Gasteiger partial charge in [-0.15, -0.1) is 0 Å². The smallest absolute Gasteiger partial charge is 0.252 e. The summed E-state index contributed by atoms with van der Waals surface area (Å²) in [6, 6.07) is 111. The van der Waals surface area contributed by atoms with Gasteiger partial charge in [0.05, 0.1) is 60.1 Å². The Kier molecular flexibility index (Phi) is 13.5. The van der Waals surface area contributed by atoms with Crippen LogP contribution in [0.1, 0.15) is 116 Å². The standard InChI is InChI=1S/C110H84BN5/c1-107(2,3)73-50-58-96(88(62-73)71-33-17-12-18-34-71)115-100-65-76(113-95-46-26-22-38-84(95)89-59-68(67-112)47-57-97(89)113)51-55-93(100)111-94-56-52-77(114-98-63-74(108(4,5)6)48-53-85(98)86-54-49-75(64-99(86)114)109(7,8)9)66-101(94)116(106-79(69-29-13-10-14-30-69)40-28-41-80(106)70-31-15-11-16-32-70)103-61-72(60-102(115)105(103)111)78-39-27-42-87-83-37-21-25-45-92(83)110(104(78)87)90-43-23-19-35-81(90)82-36-20-24-44-91(82)110/h10-66H,1-9H3/i22D,26D,38D,46D,47D,57D,59D. The van der Waals surface area contributed by atoms with Crippen molar-refractivity contribution in [3.63, 3.8) is 0 Å². The second kappa shape index (κ2) is 25.4. The third kappa shape index (κ3) is 10.1. The lowest BCUT2D eigenvalue weighted by atomic mass is 9.33. The summed E-state index contributed by atoms with van der Waals surface area (Å²) in [5.74, 6) is 0. The molecule has 0 bridgehead atoms. The van der Waals surface area contributed by atoms with E-state index in [0.29, 0.717) is 5.69 Å². The minimum Gasteiger partial charge on any atom is -0.311 e. The largest absolute Gasteiger partial charge is 0.311 e. The van der Waals surface area contributed by atoms with E-state index in [1.165, 1.54) is 50.1 Å². The van der Waals surface area contributed by atoms with Gasteiger partial charge >= 0.3 is 0 Å². The van der Waals surface area contributed by atoms with Gasteiger partial charge in [0.25, 0.3) is 6.71 Å². The van der Waals surface area contributed by atoms with E-state index in [9.17, 15) is 14.9 Å². The van der Waals surface area contributed by atoms with Crippen LogP contribution in [-0.2, 0) is 21.7 Å². The van der Waals surface area contributed by atoms with Crippen molar-refractivity contribution in [2.45, 2.75) is 84.0 Å². The number of benzene rings is 16. The van der Waals surface area contributed by atoms with E-state index in [1.54, 1.807) is 4.57 Å². The zero-order chi connectivity index (χ0) is 84.5. The molecule has 4 aliphatic rings. The molecule has 1 spiro atoms. The number of nitrogens with zero attached hydrogens (tertiary/aromatic N) is 5. The first kappa shape index (κ1) is 61.8. The monoisotopic (exact) mass is 1490 g/mol. The van der Waals surface area contributed by atoms with Crippen molar-refractivity contribution >= 4 is 101 Å². The van der Waals surface area contributed by atoms with Crippen molar-refractivity contribution in [3.8, 4) is 84.2 Å². The number of fused-ring (bicyclic) bond motifs is 20. The van der Waals surface area contributed by atoms with Crippen LogP contribution in [0.2, 0.25) is 0 Å². The van der Waals surface area contributed by atoms with Crippen molar-refractivity contribution < 1.29 is 9.60 Å². The van der Waals surface area contributed by atoms with Crippen LogP contribution in [0.15, 0.2) is 346 Å². The highest BCUT2D eigenvalue weighted by atomic mass is 15.2. The Bertz CT molecular complexity index is 7490. The molecule has 18 aromatic rings. The maximum Gasteiger partial charge on any atom is 0.252 e. The van der Waals surface area contributed by atoms with Crippen LogP contribution in [0, 0.1) is 11.3 Å². The van der Waals surface area contributed by atoms with E-state index in [2.05, 4.69) is 374 Å². The summed E-state index contributed by atoms with van der Waals surface area (Å²) < 4.78 is 72.0. The van der Waals surface area contributed by atoms with E-state index in [4.69, 9.17) is 0 Å². The summed E-state index contributed by atoms with van der Waals surface area (Å²) in [5.41, 5.74) is 31.2. The Hall–Kier alpha value is -13.7. The fraction of sp³-hybridized carbons (Fsp3) is 0.118. The molecule has 0 atom stereocenters. The molecule has 552 valence electrons. The molecule has 0 amide bonds. The molecule has 16 aromatic carbocycles. The molecule has 5 nitrogen and oxygen atoms in total. The maximum absolute atomic E-state index is 10.8. The van der Waals surface area contributed by atoms with Crippen LogP contribution < -0.4 is 26.2 Å². The lowest BCUT2D eigenvalue weighted by Gasteiger charge is -2.46. The van der Waals surface area contributed by atoms with Gasteiger partial charge in [0, 0.05) is 72.4 Å². The molecule has 0 saturated carbocycles. The molecule has 0 N–H and O–H groups in total. The topological polar surface area (TPSA) is 40.1 Å². The van der Waals surface area contributed by atoms with Crippen LogP contribution in [-0.4, -0.2) is 15.8 Å². The zero-order valence-corrected chi connectivity index (χ0v) is 66.2. The van der Waals surface area contributed by atoms with E-state index in [-0.39, 0.29) is 61.7 Å². The Balaban J connectivity index is 0.950. The molecule has 0 radical (unpaired) electrons. The van der Waals surface area contributed by atoms with Gasteiger partial charge in [0.15, 0.2) is 0 Å². The Morgan fingerprint density at radius 2 is 0.767 bits per heavy atom. The Labute approximate surface area is 688 Å². The minimum absolute atomic E-state index is 0.00835. The first-order chi connectivity index (χ1) is 59.3. The molecule has 0 unspecified atom stereocenters. The van der Waals surface area contributed by atoms with E-state index in [1.807, 2.05) is 12.1 Å². The first-order valence-corrected chi connectivity index (χ1v) is 40.3. The molecule has 22 rings (SSSR count). The second-order valence-electron chi connectivity index (χ2n) is 34.9. The van der Waals surface area contributed by atoms with Crippen LogP contribution in [0.5, 0.6) is 0 Å². The molecule has 2 aromatic heterocycles. The van der Waals surface area contributed by atoms with Crippen molar-refractivity contribution in [1.82, 2.24) is 9.13 Å². The number of hydrogen-bond donors (Lipinski definition) is 0. The molecule has 0 fully saturated rings. The van der Waals surface area contributed by atoms with Crippen molar-refractivity contribution in [2.24, 2.45) is 0 Å². The average Bonchev–Trinajstić information content (AvgIpc) is 1.58. The SMILES string of the molecule is [2H]c1c([2H])c([2H])c2c(c1[2H])c1c([2H])c(C#N)c([2H])c([2H])c1n2-c1ccc2c(c1)N(c1ccc(C(C)(C)C)cc1-c1ccccc1)c1cc(-c3cccc4c3C3(c5ccccc5-c5ccccc53)c3ccccc3-4)cc3c1B2c1ccc(-n2c4cc(C(C)(C)C)ccc4c4ccc(C(C)(C)C)cc42)cc1N3c1c(-c2ccccc2)cccc1-c1ccccc1. The third-order valence-electron chi connectivity index (χ3n) is 25.3. The van der Waals surface area contributed by atoms with Crippen LogP contribution >= 0.6 is 0 Å². The van der Waals surface area contributed by atoms with E-state index < -0.39 is 36.3 Å². The number of para-hydroxylation sites is 2. The summed E-state index contributed by atoms with van der Waals surface area (Å²) in [6.07, 6.45) is 0. The van der Waals surface area contributed by atoms with Crippen molar-refractivity contribution in [3.05, 3.63) is 390 Å². The van der Waals surface area contributed by atoms with Crippen LogP contribution in [0.3, 0.4) is 0 Å². The minimum atomic E-state index is -0.792. The van der Waals surface area contributed by atoms with Gasteiger partial charge in [0.2, 0.25) is 0 Å². The van der Waals surface area contributed by atoms with Crippen molar-refractivity contribution in [1.29, 1.82) is 5.26 Å². The van der Waals surface area contributed by atoms with Gasteiger partial charge in [0.1, 0.15) is 0 Å². The molecule has 116 heavy (non-hydrogen) atoms. The van der Waals surface area contributed by atoms with E-state index in [0.717, 1.165) is 134 Å². The molecule has 2 aliphatic heterocycles. The Morgan fingerprint density at radius 3 is 1.31 bits per heavy atom. The summed E-state index contributed by atoms with van der Waals surface area (Å²) in [6.45, 7) is 19.9. The molecule has 4 heterocycles. The lowest BCUT2D eigenvalue weighted by molar-refractivity contribution is 0.590. The molecular weight excluding hydrogens is 1400 g/mol. The third-order valence-corrected chi connectivity index (χ3v) is 25.3. The van der Waals surface area contributed by atoms with Gasteiger partial charge in [-0.25, -0.2) is 0 Å².